The van der Waals surface area contributed by atoms with Crippen molar-refractivity contribution < 1.29 is 5.11 Å². The van der Waals surface area contributed by atoms with Crippen LogP contribution in [-0.4, -0.2) is 17.7 Å². The largest absolute Gasteiger partial charge is 0.508 e. The molecule has 0 spiro atoms. The molecule has 0 aliphatic heterocycles. The van der Waals surface area contributed by atoms with Crippen molar-refractivity contribution in [2.75, 3.05) is 11.4 Å². The van der Waals surface area contributed by atoms with Gasteiger partial charge in [-0.25, -0.2) is 0 Å². The summed E-state index contributed by atoms with van der Waals surface area (Å²) in [4.78, 5) is 2.43. The Bertz CT molecular complexity index is 331. The highest BCUT2D eigenvalue weighted by atomic mass is 16.3. The first-order valence-electron chi connectivity index (χ1n) is 6.37. The van der Waals surface area contributed by atoms with E-state index in [4.69, 9.17) is 0 Å². The Morgan fingerprint density at radius 2 is 2.00 bits per heavy atom. The van der Waals surface area contributed by atoms with E-state index in [0.717, 1.165) is 12.2 Å². The molecule has 1 aliphatic carbocycles. The van der Waals surface area contributed by atoms with Crippen molar-refractivity contribution in [2.24, 2.45) is 0 Å². The minimum absolute atomic E-state index is 0.367. The Labute approximate surface area is 97.9 Å². The fraction of sp³-hybridized carbons (Fsp3) is 0.571. The summed E-state index contributed by atoms with van der Waals surface area (Å²) < 4.78 is 0. The summed E-state index contributed by atoms with van der Waals surface area (Å²) in [7, 11) is 0. The van der Waals surface area contributed by atoms with Crippen molar-refractivity contribution in [3.63, 3.8) is 0 Å². The molecule has 1 aliphatic rings. The molecule has 1 N–H and O–H groups in total. The molecule has 1 aromatic carbocycles. The van der Waals surface area contributed by atoms with Gasteiger partial charge in [0, 0.05) is 24.3 Å². The highest BCUT2D eigenvalue weighted by molar-refractivity contribution is 5.51. The van der Waals surface area contributed by atoms with Crippen molar-refractivity contribution in [3.05, 3.63) is 24.3 Å². The Hall–Kier alpha value is -1.18. The van der Waals surface area contributed by atoms with Gasteiger partial charge >= 0.3 is 0 Å². The molecule has 1 aromatic rings. The monoisotopic (exact) mass is 219 g/mol. The number of aromatic hydroxyl groups is 1. The van der Waals surface area contributed by atoms with Gasteiger partial charge in [-0.05, 0) is 31.9 Å². The molecule has 0 aromatic heterocycles. The van der Waals surface area contributed by atoms with E-state index in [1.165, 1.54) is 32.1 Å². The van der Waals surface area contributed by atoms with Crippen LogP contribution in [0, 0.1) is 0 Å². The molecule has 1 fully saturated rings. The molecular formula is C14H21NO. The summed E-state index contributed by atoms with van der Waals surface area (Å²) in [6.07, 6.45) is 6.67. The number of benzene rings is 1. The predicted molar refractivity (Wildman–Crippen MR) is 68.0 cm³/mol. The minimum Gasteiger partial charge on any atom is -0.508 e. The van der Waals surface area contributed by atoms with Gasteiger partial charge in [-0.3, -0.25) is 0 Å². The van der Waals surface area contributed by atoms with Gasteiger partial charge in [0.2, 0.25) is 0 Å². The third kappa shape index (κ3) is 2.49. The van der Waals surface area contributed by atoms with E-state index in [1.54, 1.807) is 6.07 Å². The van der Waals surface area contributed by atoms with E-state index >= 15 is 0 Å². The Balaban J connectivity index is 2.14. The quantitative estimate of drug-likeness (QED) is 0.840. The lowest BCUT2D eigenvalue weighted by Crippen LogP contribution is -2.36. The fourth-order valence-electron chi connectivity index (χ4n) is 2.72. The first kappa shape index (κ1) is 11.3. The third-order valence-electron chi connectivity index (χ3n) is 3.52. The Morgan fingerprint density at radius 3 is 2.62 bits per heavy atom. The van der Waals surface area contributed by atoms with Crippen LogP contribution in [0.4, 0.5) is 5.69 Å². The van der Waals surface area contributed by atoms with Gasteiger partial charge in [0.15, 0.2) is 0 Å². The Morgan fingerprint density at radius 1 is 1.25 bits per heavy atom. The molecule has 0 radical (unpaired) electrons. The second-order valence-electron chi connectivity index (χ2n) is 4.60. The molecule has 16 heavy (non-hydrogen) atoms. The van der Waals surface area contributed by atoms with Crippen molar-refractivity contribution in [1.29, 1.82) is 0 Å². The van der Waals surface area contributed by atoms with Crippen molar-refractivity contribution in [2.45, 2.75) is 45.1 Å². The van der Waals surface area contributed by atoms with Crippen molar-refractivity contribution >= 4 is 5.69 Å². The molecule has 2 heteroatoms. The Kier molecular flexibility index (Phi) is 3.70. The van der Waals surface area contributed by atoms with Crippen LogP contribution in [0.25, 0.3) is 0 Å². The molecule has 0 amide bonds. The lowest BCUT2D eigenvalue weighted by molar-refractivity contribution is 0.417. The number of anilines is 1. The summed E-state index contributed by atoms with van der Waals surface area (Å²) in [6, 6.07) is 8.30. The molecule has 0 unspecified atom stereocenters. The van der Waals surface area contributed by atoms with Gasteiger partial charge in [0.05, 0.1) is 0 Å². The van der Waals surface area contributed by atoms with Crippen molar-refractivity contribution in [1.82, 2.24) is 0 Å². The van der Waals surface area contributed by atoms with Crippen LogP contribution in [0.3, 0.4) is 0 Å². The van der Waals surface area contributed by atoms with E-state index in [-0.39, 0.29) is 0 Å². The highest BCUT2D eigenvalue weighted by Gasteiger charge is 2.20. The molecule has 0 saturated heterocycles. The van der Waals surface area contributed by atoms with Crippen LogP contribution >= 0.6 is 0 Å². The average Bonchev–Trinajstić information content (AvgIpc) is 2.31. The third-order valence-corrected chi connectivity index (χ3v) is 3.52. The maximum atomic E-state index is 9.53. The van der Waals surface area contributed by atoms with Gasteiger partial charge in [-0.1, -0.05) is 25.3 Å². The van der Waals surface area contributed by atoms with Crippen LogP contribution in [0.15, 0.2) is 24.3 Å². The molecule has 0 bridgehead atoms. The number of hydrogen-bond donors (Lipinski definition) is 1. The van der Waals surface area contributed by atoms with Gasteiger partial charge in [0.1, 0.15) is 5.75 Å². The summed E-state index contributed by atoms with van der Waals surface area (Å²) in [5.41, 5.74) is 1.16. The van der Waals surface area contributed by atoms with Gasteiger partial charge in [-0.2, -0.15) is 0 Å². The summed E-state index contributed by atoms with van der Waals surface area (Å²) >= 11 is 0. The maximum absolute atomic E-state index is 9.53. The average molecular weight is 219 g/mol. The number of nitrogens with zero attached hydrogens (tertiary/aromatic N) is 1. The number of phenols is 1. The first-order chi connectivity index (χ1) is 7.81. The normalized spacial score (nSPS) is 17.3. The lowest BCUT2D eigenvalue weighted by Gasteiger charge is -2.35. The lowest BCUT2D eigenvalue weighted by atomic mass is 9.94. The fourth-order valence-corrected chi connectivity index (χ4v) is 2.72. The standard InChI is InChI=1S/C14H21NO/c1-2-15(12-7-4-3-5-8-12)13-9-6-10-14(16)11-13/h6,9-12,16H,2-5,7-8H2,1H3. The smallest absolute Gasteiger partial charge is 0.117 e. The molecular weight excluding hydrogens is 198 g/mol. The molecule has 2 nitrogen and oxygen atoms in total. The van der Waals surface area contributed by atoms with Crippen LogP contribution in [0.1, 0.15) is 39.0 Å². The predicted octanol–water partition coefficient (Wildman–Crippen LogP) is 3.55. The van der Waals surface area contributed by atoms with E-state index in [0.29, 0.717) is 11.8 Å². The first-order valence-corrected chi connectivity index (χ1v) is 6.37. The highest BCUT2D eigenvalue weighted by Crippen LogP contribution is 2.28. The zero-order valence-corrected chi connectivity index (χ0v) is 10.0. The topological polar surface area (TPSA) is 23.5 Å². The summed E-state index contributed by atoms with van der Waals surface area (Å²) in [5.74, 6) is 0.367. The number of rotatable bonds is 3. The maximum Gasteiger partial charge on any atom is 0.117 e. The second kappa shape index (κ2) is 5.24. The summed E-state index contributed by atoms with van der Waals surface area (Å²) in [6.45, 7) is 3.22. The van der Waals surface area contributed by atoms with E-state index in [9.17, 15) is 5.11 Å². The van der Waals surface area contributed by atoms with Crippen LogP contribution in [0.2, 0.25) is 0 Å². The van der Waals surface area contributed by atoms with Crippen molar-refractivity contribution in [3.8, 4) is 5.75 Å². The van der Waals surface area contributed by atoms with Crippen LogP contribution in [-0.2, 0) is 0 Å². The summed E-state index contributed by atoms with van der Waals surface area (Å²) in [5, 5.41) is 9.53. The number of phenolic OH excluding ortho intramolecular Hbond substituents is 1. The van der Waals surface area contributed by atoms with E-state index in [2.05, 4.69) is 17.9 Å². The van der Waals surface area contributed by atoms with Gasteiger partial charge in [0.25, 0.3) is 0 Å². The van der Waals surface area contributed by atoms with Gasteiger partial charge < -0.3 is 10.0 Å². The SMILES string of the molecule is CCN(c1cccc(O)c1)C1CCCCC1. The molecule has 0 atom stereocenters. The molecule has 1 saturated carbocycles. The molecule has 2 rings (SSSR count). The second-order valence-corrected chi connectivity index (χ2v) is 4.60. The van der Waals surface area contributed by atoms with Crippen LogP contribution in [0.5, 0.6) is 5.75 Å². The van der Waals surface area contributed by atoms with Crippen LogP contribution < -0.4 is 4.90 Å². The van der Waals surface area contributed by atoms with E-state index in [1.807, 2.05) is 12.1 Å². The molecule has 88 valence electrons. The minimum atomic E-state index is 0.367. The molecule has 0 heterocycles. The van der Waals surface area contributed by atoms with Gasteiger partial charge in [-0.15, -0.1) is 0 Å². The number of hydrogen-bond acceptors (Lipinski definition) is 2. The zero-order chi connectivity index (χ0) is 11.4. The zero-order valence-electron chi connectivity index (χ0n) is 10.0. The van der Waals surface area contributed by atoms with E-state index < -0.39 is 0 Å².